The third-order valence-electron chi connectivity index (χ3n) is 3.37. The summed E-state index contributed by atoms with van der Waals surface area (Å²) >= 11 is 0. The Hall–Kier alpha value is -3.40. The number of para-hydroxylation sites is 1. The first-order valence-corrected chi connectivity index (χ1v) is 7.89. The third kappa shape index (κ3) is 4.78. The number of ether oxygens (including phenoxy) is 2. The number of hydrogen-bond acceptors (Lipinski definition) is 4. The van der Waals surface area contributed by atoms with E-state index in [0.717, 1.165) is 5.56 Å². The Morgan fingerprint density at radius 3 is 2.40 bits per heavy atom. The summed E-state index contributed by atoms with van der Waals surface area (Å²) in [7, 11) is 0. The quantitative estimate of drug-likeness (QED) is 0.612. The molecular formula is C21H17NO3. The van der Waals surface area contributed by atoms with E-state index in [2.05, 4.69) is 4.98 Å². The molecule has 0 fully saturated rings. The summed E-state index contributed by atoms with van der Waals surface area (Å²) in [5.41, 5.74) is 1.34. The van der Waals surface area contributed by atoms with Gasteiger partial charge in [-0.2, -0.15) is 0 Å². The molecule has 0 saturated carbocycles. The number of aromatic nitrogens is 1. The van der Waals surface area contributed by atoms with Crippen LogP contribution in [0.2, 0.25) is 0 Å². The second-order valence-electron chi connectivity index (χ2n) is 5.18. The van der Waals surface area contributed by atoms with Crippen LogP contribution in [0.15, 0.2) is 85.1 Å². The largest absolute Gasteiger partial charge is 0.458 e. The zero-order valence-electron chi connectivity index (χ0n) is 13.5. The number of esters is 1. The number of hydrogen-bond donors (Lipinski definition) is 0. The number of benzene rings is 2. The first kappa shape index (κ1) is 16.5. The van der Waals surface area contributed by atoms with Crippen molar-refractivity contribution in [2.45, 2.75) is 0 Å². The van der Waals surface area contributed by atoms with E-state index >= 15 is 0 Å². The summed E-state index contributed by atoms with van der Waals surface area (Å²) in [5.74, 6) is 0.363. The zero-order valence-corrected chi connectivity index (χ0v) is 13.5. The van der Waals surface area contributed by atoms with Gasteiger partial charge >= 0.3 is 5.97 Å². The Morgan fingerprint density at radius 2 is 1.64 bits per heavy atom. The molecule has 3 rings (SSSR count). The van der Waals surface area contributed by atoms with Crippen molar-refractivity contribution in [2.75, 3.05) is 6.61 Å². The fourth-order valence-corrected chi connectivity index (χ4v) is 2.18. The van der Waals surface area contributed by atoms with Crippen LogP contribution in [-0.4, -0.2) is 17.6 Å². The smallest absolute Gasteiger partial charge is 0.343 e. The van der Waals surface area contributed by atoms with Gasteiger partial charge in [-0.15, -0.1) is 0 Å². The molecule has 1 heterocycles. The van der Waals surface area contributed by atoms with E-state index in [9.17, 15) is 4.79 Å². The lowest BCUT2D eigenvalue weighted by Gasteiger charge is -2.09. The van der Waals surface area contributed by atoms with E-state index in [1.165, 1.54) is 0 Å². The van der Waals surface area contributed by atoms with E-state index in [1.807, 2.05) is 54.6 Å². The Morgan fingerprint density at radius 1 is 0.920 bits per heavy atom. The van der Waals surface area contributed by atoms with E-state index in [-0.39, 0.29) is 12.5 Å². The van der Waals surface area contributed by atoms with Crippen molar-refractivity contribution in [3.63, 3.8) is 0 Å². The van der Waals surface area contributed by atoms with E-state index in [1.54, 1.807) is 36.5 Å². The molecule has 0 atom stereocenters. The molecule has 124 valence electrons. The van der Waals surface area contributed by atoms with Gasteiger partial charge in [0.2, 0.25) is 5.88 Å². The van der Waals surface area contributed by atoms with Crippen molar-refractivity contribution >= 4 is 12.0 Å². The predicted octanol–water partition coefficient (Wildman–Crippen LogP) is 4.74. The van der Waals surface area contributed by atoms with Crippen molar-refractivity contribution in [3.05, 3.63) is 96.2 Å². The van der Waals surface area contributed by atoms with Crippen LogP contribution in [0.3, 0.4) is 0 Å². The van der Waals surface area contributed by atoms with Gasteiger partial charge in [-0.1, -0.05) is 54.6 Å². The maximum Gasteiger partial charge on any atom is 0.343 e. The number of nitrogens with zero attached hydrogens (tertiary/aromatic N) is 1. The molecule has 1 aromatic heterocycles. The van der Waals surface area contributed by atoms with Gasteiger partial charge in [0.1, 0.15) is 17.9 Å². The topological polar surface area (TPSA) is 48.4 Å². The van der Waals surface area contributed by atoms with Crippen molar-refractivity contribution in [2.24, 2.45) is 0 Å². The molecule has 0 unspecified atom stereocenters. The highest BCUT2D eigenvalue weighted by atomic mass is 16.5. The molecular weight excluding hydrogens is 314 g/mol. The maximum absolute atomic E-state index is 12.3. The molecule has 2 aromatic carbocycles. The predicted molar refractivity (Wildman–Crippen MR) is 96.5 cm³/mol. The third-order valence-corrected chi connectivity index (χ3v) is 3.37. The fraction of sp³-hybridized carbons (Fsp3) is 0.0476. The van der Waals surface area contributed by atoms with Crippen molar-refractivity contribution in [3.8, 4) is 11.6 Å². The van der Waals surface area contributed by atoms with Gasteiger partial charge in [0.25, 0.3) is 0 Å². The fourth-order valence-electron chi connectivity index (χ4n) is 2.18. The van der Waals surface area contributed by atoms with Gasteiger partial charge in [-0.3, -0.25) is 0 Å². The summed E-state index contributed by atoms with van der Waals surface area (Å²) in [5, 5.41) is 0. The minimum Gasteiger partial charge on any atom is -0.458 e. The van der Waals surface area contributed by atoms with Crippen LogP contribution in [0.5, 0.6) is 11.6 Å². The summed E-state index contributed by atoms with van der Waals surface area (Å²) in [4.78, 5) is 16.4. The summed E-state index contributed by atoms with van der Waals surface area (Å²) in [6.07, 6.45) is 5.27. The average molecular weight is 331 g/mol. The number of carbonyl (C=O) groups excluding carboxylic acids is 1. The molecule has 0 radical (unpaired) electrons. The molecule has 0 aliphatic heterocycles. The van der Waals surface area contributed by atoms with Crippen molar-refractivity contribution in [1.29, 1.82) is 0 Å². The normalized spacial score (nSPS) is 10.6. The number of pyridine rings is 1. The SMILES string of the molecule is O=C(OC/C=C/c1ccccc1)c1cccnc1Oc1ccccc1. The molecule has 0 spiro atoms. The van der Waals surface area contributed by atoms with E-state index < -0.39 is 5.97 Å². The Bertz CT molecular complexity index is 845. The van der Waals surface area contributed by atoms with Gasteiger partial charge in [0.05, 0.1) is 0 Å². The van der Waals surface area contributed by atoms with Crippen molar-refractivity contribution < 1.29 is 14.3 Å². The molecule has 0 amide bonds. The lowest BCUT2D eigenvalue weighted by Crippen LogP contribution is -2.07. The highest BCUT2D eigenvalue weighted by Gasteiger charge is 2.15. The Kier molecular flexibility index (Phi) is 5.56. The molecule has 4 heteroatoms. The molecule has 0 aliphatic carbocycles. The number of rotatable bonds is 6. The molecule has 0 aliphatic rings. The minimum atomic E-state index is -0.475. The van der Waals surface area contributed by atoms with Gasteiger partial charge < -0.3 is 9.47 Å². The monoisotopic (exact) mass is 331 g/mol. The lowest BCUT2D eigenvalue weighted by atomic mass is 10.2. The Balaban J connectivity index is 1.63. The molecule has 25 heavy (non-hydrogen) atoms. The second-order valence-corrected chi connectivity index (χ2v) is 5.18. The molecule has 0 N–H and O–H groups in total. The second kappa shape index (κ2) is 8.45. The molecule has 0 saturated heterocycles. The van der Waals surface area contributed by atoms with Gasteiger partial charge in [0.15, 0.2) is 0 Å². The zero-order chi connectivity index (χ0) is 17.3. The summed E-state index contributed by atoms with van der Waals surface area (Å²) in [6, 6.07) is 22.3. The van der Waals surface area contributed by atoms with Crippen LogP contribution in [0.25, 0.3) is 6.08 Å². The van der Waals surface area contributed by atoms with Crippen LogP contribution in [0.1, 0.15) is 15.9 Å². The van der Waals surface area contributed by atoms with Crippen LogP contribution in [-0.2, 0) is 4.74 Å². The van der Waals surface area contributed by atoms with Crippen LogP contribution < -0.4 is 4.74 Å². The van der Waals surface area contributed by atoms with Crippen LogP contribution >= 0.6 is 0 Å². The minimum absolute atomic E-state index is 0.174. The average Bonchev–Trinajstić information content (AvgIpc) is 2.67. The molecule has 3 aromatic rings. The van der Waals surface area contributed by atoms with Crippen molar-refractivity contribution in [1.82, 2.24) is 4.98 Å². The highest BCUT2D eigenvalue weighted by molar-refractivity contribution is 5.92. The van der Waals surface area contributed by atoms with E-state index in [4.69, 9.17) is 9.47 Å². The van der Waals surface area contributed by atoms with Gasteiger partial charge in [0, 0.05) is 6.20 Å². The van der Waals surface area contributed by atoms with E-state index in [0.29, 0.717) is 11.3 Å². The first-order valence-electron chi connectivity index (χ1n) is 7.89. The highest BCUT2D eigenvalue weighted by Crippen LogP contribution is 2.23. The van der Waals surface area contributed by atoms with Gasteiger partial charge in [-0.05, 0) is 35.9 Å². The number of carbonyl (C=O) groups is 1. The van der Waals surface area contributed by atoms with Crippen LogP contribution in [0.4, 0.5) is 0 Å². The summed E-state index contributed by atoms with van der Waals surface area (Å²) in [6.45, 7) is 0.174. The van der Waals surface area contributed by atoms with Gasteiger partial charge in [-0.25, -0.2) is 9.78 Å². The maximum atomic E-state index is 12.3. The standard InChI is InChI=1S/C21H17NO3/c23-21(24-16-8-11-17-9-3-1-4-10-17)19-14-7-15-22-20(19)25-18-12-5-2-6-13-18/h1-15H,16H2/b11-8+. The van der Waals surface area contributed by atoms with Crippen LogP contribution in [0, 0.1) is 0 Å². The molecule has 4 nitrogen and oxygen atoms in total. The lowest BCUT2D eigenvalue weighted by molar-refractivity contribution is 0.0546. The molecule has 0 bridgehead atoms. The Labute approximate surface area is 146 Å². The summed E-state index contributed by atoms with van der Waals surface area (Å²) < 4.78 is 11.0. The first-order chi connectivity index (χ1) is 12.3.